The highest BCUT2D eigenvalue weighted by Crippen LogP contribution is 2.33. The lowest BCUT2D eigenvalue weighted by atomic mass is 10.1. The summed E-state index contributed by atoms with van der Waals surface area (Å²) in [5.41, 5.74) is 1.95. The molecule has 148 valence electrons. The SMILES string of the molecule is CC(NC(=O)Cc1csc(-c2ccc(Cl)s2)n1)c1cccc(NS(C)(=O)=O)c1. The molecule has 0 aliphatic carbocycles. The van der Waals surface area contributed by atoms with Crippen molar-refractivity contribution in [2.75, 3.05) is 11.0 Å². The number of amides is 1. The highest BCUT2D eigenvalue weighted by atomic mass is 35.5. The second-order valence-corrected chi connectivity index (χ2v) is 10.5. The summed E-state index contributed by atoms with van der Waals surface area (Å²) in [4.78, 5) is 17.9. The molecule has 0 aliphatic heterocycles. The summed E-state index contributed by atoms with van der Waals surface area (Å²) in [6.07, 6.45) is 1.26. The number of anilines is 1. The maximum atomic E-state index is 12.4. The fraction of sp³-hybridized carbons (Fsp3) is 0.222. The van der Waals surface area contributed by atoms with E-state index >= 15 is 0 Å². The zero-order chi connectivity index (χ0) is 20.3. The molecule has 0 fully saturated rings. The molecule has 0 saturated carbocycles. The average Bonchev–Trinajstić information content (AvgIpc) is 3.22. The maximum Gasteiger partial charge on any atom is 0.229 e. The summed E-state index contributed by atoms with van der Waals surface area (Å²) in [6, 6.07) is 10.4. The van der Waals surface area contributed by atoms with E-state index < -0.39 is 10.0 Å². The Bertz CT molecular complexity index is 1090. The van der Waals surface area contributed by atoms with Gasteiger partial charge in [0.05, 0.1) is 33.6 Å². The summed E-state index contributed by atoms with van der Waals surface area (Å²) in [6.45, 7) is 1.84. The Balaban J connectivity index is 1.62. The van der Waals surface area contributed by atoms with Crippen LogP contribution in [-0.4, -0.2) is 25.6 Å². The Morgan fingerprint density at radius 2 is 2.07 bits per heavy atom. The minimum Gasteiger partial charge on any atom is -0.349 e. The first kappa shape index (κ1) is 20.8. The van der Waals surface area contributed by atoms with Gasteiger partial charge in [-0.05, 0) is 36.8 Å². The number of aromatic nitrogens is 1. The van der Waals surface area contributed by atoms with Crippen LogP contribution in [0.3, 0.4) is 0 Å². The van der Waals surface area contributed by atoms with Gasteiger partial charge in [0.15, 0.2) is 0 Å². The lowest BCUT2D eigenvalue weighted by Gasteiger charge is -2.15. The van der Waals surface area contributed by atoms with E-state index in [0.717, 1.165) is 21.7 Å². The second kappa shape index (κ2) is 8.60. The molecule has 28 heavy (non-hydrogen) atoms. The minimum atomic E-state index is -3.35. The van der Waals surface area contributed by atoms with Gasteiger partial charge < -0.3 is 5.32 Å². The predicted octanol–water partition coefficient (Wildman–Crippen LogP) is 4.32. The normalized spacial score (nSPS) is 12.5. The number of hydrogen-bond acceptors (Lipinski definition) is 6. The van der Waals surface area contributed by atoms with E-state index in [-0.39, 0.29) is 18.4 Å². The lowest BCUT2D eigenvalue weighted by molar-refractivity contribution is -0.121. The van der Waals surface area contributed by atoms with Gasteiger partial charge in [-0.2, -0.15) is 0 Å². The smallest absolute Gasteiger partial charge is 0.229 e. The molecule has 2 heterocycles. The van der Waals surface area contributed by atoms with Gasteiger partial charge in [-0.25, -0.2) is 13.4 Å². The Labute approximate surface area is 176 Å². The van der Waals surface area contributed by atoms with E-state index in [0.29, 0.717) is 15.7 Å². The molecule has 0 bridgehead atoms. The third-order valence-electron chi connectivity index (χ3n) is 3.74. The van der Waals surface area contributed by atoms with Crippen LogP contribution in [0.25, 0.3) is 9.88 Å². The first-order chi connectivity index (χ1) is 13.2. The van der Waals surface area contributed by atoms with Gasteiger partial charge in [0.2, 0.25) is 15.9 Å². The molecule has 0 aliphatic rings. The van der Waals surface area contributed by atoms with Crippen LogP contribution < -0.4 is 10.0 Å². The van der Waals surface area contributed by atoms with Crippen LogP contribution in [0.1, 0.15) is 24.2 Å². The molecular weight excluding hydrogens is 438 g/mol. The zero-order valence-electron chi connectivity index (χ0n) is 15.1. The van der Waals surface area contributed by atoms with E-state index in [4.69, 9.17) is 11.6 Å². The van der Waals surface area contributed by atoms with Crippen molar-refractivity contribution >= 4 is 55.9 Å². The number of carbonyl (C=O) groups is 1. The molecule has 0 saturated heterocycles. The van der Waals surface area contributed by atoms with Crippen molar-refractivity contribution < 1.29 is 13.2 Å². The molecule has 3 aromatic rings. The molecular formula is C18H18ClN3O3S3. The Kier molecular flexibility index (Phi) is 6.39. The van der Waals surface area contributed by atoms with Crippen molar-refractivity contribution in [3.05, 3.63) is 57.4 Å². The summed E-state index contributed by atoms with van der Waals surface area (Å²) >= 11 is 8.88. The second-order valence-electron chi connectivity index (χ2n) is 6.21. The summed E-state index contributed by atoms with van der Waals surface area (Å²) in [7, 11) is -3.35. The molecule has 1 amide bonds. The highest BCUT2D eigenvalue weighted by Gasteiger charge is 2.14. The van der Waals surface area contributed by atoms with E-state index in [9.17, 15) is 13.2 Å². The highest BCUT2D eigenvalue weighted by molar-refractivity contribution is 7.92. The number of sulfonamides is 1. The van der Waals surface area contributed by atoms with Crippen LogP contribution in [0.2, 0.25) is 4.34 Å². The largest absolute Gasteiger partial charge is 0.349 e. The lowest BCUT2D eigenvalue weighted by Crippen LogP contribution is -2.28. The fourth-order valence-electron chi connectivity index (χ4n) is 2.56. The molecule has 2 aromatic heterocycles. The van der Waals surface area contributed by atoms with Gasteiger partial charge in [-0.1, -0.05) is 23.7 Å². The number of halogens is 1. The summed E-state index contributed by atoms with van der Waals surface area (Å²) < 4.78 is 25.9. The monoisotopic (exact) mass is 455 g/mol. The molecule has 0 radical (unpaired) electrons. The van der Waals surface area contributed by atoms with Crippen molar-refractivity contribution in [2.45, 2.75) is 19.4 Å². The Morgan fingerprint density at radius 1 is 1.29 bits per heavy atom. The summed E-state index contributed by atoms with van der Waals surface area (Å²) in [5, 5.41) is 5.62. The van der Waals surface area contributed by atoms with Crippen molar-refractivity contribution in [3.63, 3.8) is 0 Å². The predicted molar refractivity (Wildman–Crippen MR) is 116 cm³/mol. The van der Waals surface area contributed by atoms with Crippen molar-refractivity contribution in [1.29, 1.82) is 0 Å². The Hall–Kier alpha value is -1.94. The molecule has 2 N–H and O–H groups in total. The van der Waals surface area contributed by atoms with Gasteiger partial charge in [0, 0.05) is 11.1 Å². The van der Waals surface area contributed by atoms with Crippen molar-refractivity contribution in [3.8, 4) is 9.88 Å². The van der Waals surface area contributed by atoms with Gasteiger partial charge in [-0.15, -0.1) is 22.7 Å². The third kappa shape index (κ3) is 5.78. The van der Waals surface area contributed by atoms with Crippen LogP contribution in [-0.2, 0) is 21.2 Å². The Morgan fingerprint density at radius 3 is 2.75 bits per heavy atom. The van der Waals surface area contributed by atoms with E-state index in [1.807, 2.05) is 30.5 Å². The molecule has 1 atom stereocenters. The van der Waals surface area contributed by atoms with Crippen molar-refractivity contribution in [2.24, 2.45) is 0 Å². The number of rotatable bonds is 7. The third-order valence-corrected chi connectivity index (χ3v) is 6.64. The van der Waals surface area contributed by atoms with E-state index in [2.05, 4.69) is 15.0 Å². The standard InChI is InChI=1S/C18H18ClN3O3S3/c1-11(12-4-3-5-13(8-12)22-28(2,24)25)20-17(23)9-14-10-26-18(21-14)15-6-7-16(19)27-15/h3-8,10-11,22H,9H2,1-2H3,(H,20,23). The molecule has 0 spiro atoms. The number of nitrogens with zero attached hydrogens (tertiary/aromatic N) is 1. The van der Waals surface area contributed by atoms with Crippen LogP contribution >= 0.6 is 34.3 Å². The summed E-state index contributed by atoms with van der Waals surface area (Å²) in [5.74, 6) is -0.157. The van der Waals surface area contributed by atoms with Crippen LogP contribution in [0.15, 0.2) is 41.8 Å². The number of nitrogens with one attached hydrogen (secondary N) is 2. The average molecular weight is 456 g/mol. The van der Waals surface area contributed by atoms with Gasteiger partial charge in [0.25, 0.3) is 0 Å². The van der Waals surface area contributed by atoms with Crippen LogP contribution in [0.5, 0.6) is 0 Å². The molecule has 1 aromatic carbocycles. The van der Waals surface area contributed by atoms with Gasteiger partial charge in [0.1, 0.15) is 5.01 Å². The molecule has 6 nitrogen and oxygen atoms in total. The first-order valence-corrected chi connectivity index (χ1v) is 12.2. The molecule has 1 unspecified atom stereocenters. The zero-order valence-corrected chi connectivity index (χ0v) is 18.3. The number of carbonyl (C=O) groups excluding carboxylic acids is 1. The van der Waals surface area contributed by atoms with E-state index in [1.54, 1.807) is 18.2 Å². The fourth-order valence-corrected chi connectivity index (χ4v) is 5.05. The van der Waals surface area contributed by atoms with Crippen molar-refractivity contribution in [1.82, 2.24) is 10.3 Å². The topological polar surface area (TPSA) is 88.2 Å². The number of benzene rings is 1. The van der Waals surface area contributed by atoms with Gasteiger partial charge in [-0.3, -0.25) is 9.52 Å². The van der Waals surface area contributed by atoms with Crippen LogP contribution in [0, 0.1) is 0 Å². The quantitative estimate of drug-likeness (QED) is 0.555. The van der Waals surface area contributed by atoms with Crippen LogP contribution in [0.4, 0.5) is 5.69 Å². The molecule has 3 rings (SSSR count). The number of thiazole rings is 1. The van der Waals surface area contributed by atoms with Gasteiger partial charge >= 0.3 is 0 Å². The number of hydrogen-bond donors (Lipinski definition) is 2. The maximum absolute atomic E-state index is 12.4. The minimum absolute atomic E-state index is 0.157. The first-order valence-electron chi connectivity index (χ1n) is 8.27. The van der Waals surface area contributed by atoms with E-state index in [1.165, 1.54) is 22.7 Å². The number of thiophene rings is 1. The molecule has 10 heteroatoms.